The number of ether oxygens (including phenoxy) is 2. The minimum Gasteiger partial charge on any atom is -0.493 e. The molecular formula is C19H29NO3. The predicted octanol–water partition coefficient (Wildman–Crippen LogP) is 4.13. The number of nitrogens with zero attached hydrogens (tertiary/aromatic N) is 1. The first kappa shape index (κ1) is 17.6. The third kappa shape index (κ3) is 4.63. The van der Waals surface area contributed by atoms with Gasteiger partial charge in [-0.1, -0.05) is 13.8 Å². The maximum atomic E-state index is 12.8. The van der Waals surface area contributed by atoms with Gasteiger partial charge in [-0.3, -0.25) is 4.79 Å². The summed E-state index contributed by atoms with van der Waals surface area (Å²) in [7, 11) is 1.61. The molecule has 4 nitrogen and oxygen atoms in total. The lowest BCUT2D eigenvalue weighted by Crippen LogP contribution is -2.38. The molecule has 1 aromatic rings. The summed E-state index contributed by atoms with van der Waals surface area (Å²) in [6, 6.07) is 6.09. The largest absolute Gasteiger partial charge is 0.493 e. The molecule has 2 rings (SSSR count). The topological polar surface area (TPSA) is 38.8 Å². The summed E-state index contributed by atoms with van der Waals surface area (Å²) >= 11 is 0. The molecule has 1 fully saturated rings. The van der Waals surface area contributed by atoms with E-state index in [1.54, 1.807) is 13.2 Å². The first-order valence-electron chi connectivity index (χ1n) is 8.57. The van der Waals surface area contributed by atoms with E-state index in [4.69, 9.17) is 9.47 Å². The highest BCUT2D eigenvalue weighted by atomic mass is 16.5. The average molecular weight is 319 g/mol. The maximum absolute atomic E-state index is 12.8. The average Bonchev–Trinajstić information content (AvgIpc) is 3.31. The van der Waals surface area contributed by atoms with E-state index < -0.39 is 0 Å². The highest BCUT2D eigenvalue weighted by Gasteiger charge is 2.34. The van der Waals surface area contributed by atoms with Gasteiger partial charge in [0.1, 0.15) is 0 Å². The molecule has 0 heterocycles. The molecule has 0 radical (unpaired) electrons. The van der Waals surface area contributed by atoms with Crippen molar-refractivity contribution in [1.29, 1.82) is 0 Å². The molecule has 0 saturated heterocycles. The molecule has 1 aliphatic carbocycles. The minimum atomic E-state index is 0.0783. The fourth-order valence-electron chi connectivity index (χ4n) is 2.65. The molecule has 1 saturated carbocycles. The second-order valence-electron chi connectivity index (χ2n) is 6.93. The molecule has 1 amide bonds. The molecule has 0 spiro atoms. The Kier molecular flexibility index (Phi) is 5.91. The minimum absolute atomic E-state index is 0.0783. The SMILES string of the molecule is COc1cc(C(=O)N(C(C)C)C2CC2)ccc1OCCC(C)C. The van der Waals surface area contributed by atoms with Crippen molar-refractivity contribution in [3.05, 3.63) is 23.8 Å². The molecule has 23 heavy (non-hydrogen) atoms. The van der Waals surface area contributed by atoms with Gasteiger partial charge in [-0.05, 0) is 57.2 Å². The van der Waals surface area contributed by atoms with E-state index in [1.165, 1.54) is 0 Å². The number of amides is 1. The van der Waals surface area contributed by atoms with Crippen LogP contribution in [-0.2, 0) is 0 Å². The fraction of sp³-hybridized carbons (Fsp3) is 0.632. The first-order chi connectivity index (χ1) is 10.9. The Hall–Kier alpha value is -1.71. The van der Waals surface area contributed by atoms with Gasteiger partial charge in [-0.15, -0.1) is 0 Å². The summed E-state index contributed by atoms with van der Waals surface area (Å²) in [6.45, 7) is 9.12. The zero-order chi connectivity index (χ0) is 17.0. The number of carbonyl (C=O) groups is 1. The lowest BCUT2D eigenvalue weighted by atomic mass is 10.1. The van der Waals surface area contributed by atoms with E-state index in [-0.39, 0.29) is 11.9 Å². The summed E-state index contributed by atoms with van der Waals surface area (Å²) in [5, 5.41) is 0. The monoisotopic (exact) mass is 319 g/mol. The standard InChI is InChI=1S/C19H29NO3/c1-13(2)10-11-23-17-9-6-15(12-18(17)22-5)19(21)20(14(3)4)16-7-8-16/h6,9,12-14,16H,7-8,10-11H2,1-5H3. The Labute approximate surface area is 139 Å². The molecule has 1 aliphatic rings. The van der Waals surface area contributed by atoms with E-state index in [9.17, 15) is 4.79 Å². The predicted molar refractivity (Wildman–Crippen MR) is 92.3 cm³/mol. The Bertz CT molecular complexity index is 533. The second-order valence-corrected chi connectivity index (χ2v) is 6.93. The lowest BCUT2D eigenvalue weighted by molar-refractivity contribution is 0.0690. The van der Waals surface area contributed by atoms with Crippen LogP contribution in [-0.4, -0.2) is 36.6 Å². The second kappa shape index (κ2) is 7.71. The molecule has 128 valence electrons. The van der Waals surface area contributed by atoms with Gasteiger partial charge < -0.3 is 14.4 Å². The van der Waals surface area contributed by atoms with Gasteiger partial charge in [0.25, 0.3) is 5.91 Å². The number of hydrogen-bond donors (Lipinski definition) is 0. The highest BCUT2D eigenvalue weighted by Crippen LogP contribution is 2.33. The van der Waals surface area contributed by atoms with E-state index in [0.29, 0.717) is 35.6 Å². The van der Waals surface area contributed by atoms with Crippen molar-refractivity contribution in [2.24, 2.45) is 5.92 Å². The van der Waals surface area contributed by atoms with Crippen LogP contribution in [0.5, 0.6) is 11.5 Å². The summed E-state index contributed by atoms with van der Waals surface area (Å²) in [4.78, 5) is 14.8. The molecule has 0 unspecified atom stereocenters. The third-order valence-electron chi connectivity index (χ3n) is 4.09. The number of methoxy groups -OCH3 is 1. The van der Waals surface area contributed by atoms with Crippen LogP contribution in [0.1, 0.15) is 57.3 Å². The number of hydrogen-bond acceptors (Lipinski definition) is 3. The summed E-state index contributed by atoms with van der Waals surface area (Å²) in [5.41, 5.74) is 0.665. The quantitative estimate of drug-likeness (QED) is 0.723. The van der Waals surface area contributed by atoms with Crippen molar-refractivity contribution in [2.45, 2.75) is 59.0 Å². The van der Waals surface area contributed by atoms with Gasteiger partial charge in [-0.2, -0.15) is 0 Å². The van der Waals surface area contributed by atoms with Gasteiger partial charge in [-0.25, -0.2) is 0 Å². The van der Waals surface area contributed by atoms with E-state index in [0.717, 1.165) is 19.3 Å². The van der Waals surface area contributed by atoms with Crippen LogP contribution < -0.4 is 9.47 Å². The Morgan fingerprint density at radius 3 is 2.43 bits per heavy atom. The molecule has 0 aliphatic heterocycles. The van der Waals surface area contributed by atoms with Gasteiger partial charge in [0, 0.05) is 17.6 Å². The van der Waals surface area contributed by atoms with E-state index >= 15 is 0 Å². The first-order valence-corrected chi connectivity index (χ1v) is 8.57. The maximum Gasteiger partial charge on any atom is 0.254 e. The van der Waals surface area contributed by atoms with Gasteiger partial charge in [0.15, 0.2) is 11.5 Å². The Morgan fingerprint density at radius 2 is 1.91 bits per heavy atom. The molecule has 0 bridgehead atoms. The number of benzene rings is 1. The number of carbonyl (C=O) groups excluding carboxylic acids is 1. The van der Waals surface area contributed by atoms with Crippen molar-refractivity contribution in [3.8, 4) is 11.5 Å². The van der Waals surface area contributed by atoms with E-state index in [2.05, 4.69) is 27.7 Å². The van der Waals surface area contributed by atoms with Gasteiger partial charge >= 0.3 is 0 Å². The van der Waals surface area contributed by atoms with Crippen LogP contribution in [0.25, 0.3) is 0 Å². The van der Waals surface area contributed by atoms with Crippen molar-refractivity contribution < 1.29 is 14.3 Å². The molecule has 0 aromatic heterocycles. The third-order valence-corrected chi connectivity index (χ3v) is 4.09. The van der Waals surface area contributed by atoms with Crippen LogP contribution in [0.4, 0.5) is 0 Å². The van der Waals surface area contributed by atoms with Crippen LogP contribution >= 0.6 is 0 Å². The Balaban J connectivity index is 2.12. The summed E-state index contributed by atoms with van der Waals surface area (Å²) < 4.78 is 11.2. The van der Waals surface area contributed by atoms with Crippen LogP contribution in [0.15, 0.2) is 18.2 Å². The van der Waals surface area contributed by atoms with Gasteiger partial charge in [0.05, 0.1) is 13.7 Å². The lowest BCUT2D eigenvalue weighted by Gasteiger charge is -2.27. The van der Waals surface area contributed by atoms with Gasteiger partial charge in [0.2, 0.25) is 0 Å². The molecule has 0 atom stereocenters. The van der Waals surface area contributed by atoms with Crippen LogP contribution in [0.3, 0.4) is 0 Å². The fourth-order valence-corrected chi connectivity index (χ4v) is 2.65. The summed E-state index contributed by atoms with van der Waals surface area (Å²) in [6.07, 6.45) is 3.21. The normalized spacial score (nSPS) is 14.2. The van der Waals surface area contributed by atoms with Crippen molar-refractivity contribution in [3.63, 3.8) is 0 Å². The molecule has 0 N–H and O–H groups in total. The summed E-state index contributed by atoms with van der Waals surface area (Å²) in [5.74, 6) is 2.00. The van der Waals surface area contributed by atoms with Crippen LogP contribution in [0.2, 0.25) is 0 Å². The molecule has 4 heteroatoms. The van der Waals surface area contributed by atoms with Crippen molar-refractivity contribution in [1.82, 2.24) is 4.90 Å². The number of rotatable bonds is 8. The molecule has 1 aromatic carbocycles. The van der Waals surface area contributed by atoms with Crippen molar-refractivity contribution in [2.75, 3.05) is 13.7 Å². The highest BCUT2D eigenvalue weighted by molar-refractivity contribution is 5.95. The Morgan fingerprint density at radius 1 is 1.22 bits per heavy atom. The van der Waals surface area contributed by atoms with E-state index in [1.807, 2.05) is 17.0 Å². The van der Waals surface area contributed by atoms with Crippen molar-refractivity contribution >= 4 is 5.91 Å². The zero-order valence-electron chi connectivity index (χ0n) is 15.0. The molecular weight excluding hydrogens is 290 g/mol. The zero-order valence-corrected chi connectivity index (χ0v) is 15.0. The smallest absolute Gasteiger partial charge is 0.254 e. The van der Waals surface area contributed by atoms with Crippen LogP contribution in [0, 0.1) is 5.92 Å².